The molecular weight excluding hydrogens is 232 g/mol. The number of pyridine rings is 1. The van der Waals surface area contributed by atoms with Crippen molar-refractivity contribution in [2.45, 2.75) is 0 Å². The lowest BCUT2D eigenvalue weighted by molar-refractivity contribution is 0.0940. The number of hydrogen-bond donors (Lipinski definition) is 2. The number of carbonyl (C=O) groups is 1. The van der Waals surface area contributed by atoms with Crippen LogP contribution in [-0.4, -0.2) is 36.3 Å². The molecule has 0 aliphatic carbocycles. The quantitative estimate of drug-likeness (QED) is 0.843. The number of benzene rings is 1. The molecule has 0 radical (unpaired) electrons. The van der Waals surface area contributed by atoms with Crippen molar-refractivity contribution in [1.82, 2.24) is 10.3 Å². The summed E-state index contributed by atoms with van der Waals surface area (Å²) in [5.74, 6) is 0.280. The summed E-state index contributed by atoms with van der Waals surface area (Å²) >= 11 is 0. The Kier molecular flexibility index (Phi) is 3.74. The third-order valence-electron chi connectivity index (χ3n) is 2.53. The van der Waals surface area contributed by atoms with E-state index in [0.29, 0.717) is 11.3 Å². The van der Waals surface area contributed by atoms with Crippen molar-refractivity contribution in [2.24, 2.45) is 0 Å². The number of aliphatic hydroxyl groups is 1. The van der Waals surface area contributed by atoms with Crippen LogP contribution in [0.25, 0.3) is 10.9 Å². The lowest BCUT2D eigenvalue weighted by Gasteiger charge is -2.08. The molecule has 1 aromatic heterocycles. The first-order valence-electron chi connectivity index (χ1n) is 5.59. The van der Waals surface area contributed by atoms with E-state index >= 15 is 0 Å². The van der Waals surface area contributed by atoms with Crippen LogP contribution in [0, 0.1) is 0 Å². The van der Waals surface area contributed by atoms with Gasteiger partial charge in [-0.25, -0.2) is 4.98 Å². The number of ether oxygens (including phenoxy) is 1. The largest absolute Gasteiger partial charge is 0.496 e. The van der Waals surface area contributed by atoms with Crippen LogP contribution in [0.5, 0.6) is 5.75 Å². The van der Waals surface area contributed by atoms with Gasteiger partial charge >= 0.3 is 0 Å². The number of aliphatic hydroxyl groups excluding tert-OH is 1. The zero-order valence-corrected chi connectivity index (χ0v) is 10.0. The minimum Gasteiger partial charge on any atom is -0.496 e. The molecule has 5 nitrogen and oxygen atoms in total. The highest BCUT2D eigenvalue weighted by Gasteiger charge is 2.11. The lowest BCUT2D eigenvalue weighted by atomic mass is 10.2. The van der Waals surface area contributed by atoms with Gasteiger partial charge in [0.25, 0.3) is 5.91 Å². The minimum absolute atomic E-state index is 0.101. The number of nitrogens with one attached hydrogen (secondary N) is 1. The summed E-state index contributed by atoms with van der Waals surface area (Å²) in [7, 11) is 1.55. The SMILES string of the molecule is COc1cc(C(=O)NCCO)nc2ccccc12. The van der Waals surface area contributed by atoms with Crippen LogP contribution in [0.2, 0.25) is 0 Å². The number of methoxy groups -OCH3 is 1. The van der Waals surface area contributed by atoms with Crippen LogP contribution in [0.15, 0.2) is 30.3 Å². The van der Waals surface area contributed by atoms with Crippen molar-refractivity contribution < 1.29 is 14.6 Å². The van der Waals surface area contributed by atoms with Gasteiger partial charge in [0.05, 0.1) is 19.2 Å². The van der Waals surface area contributed by atoms with Gasteiger partial charge in [-0.15, -0.1) is 0 Å². The van der Waals surface area contributed by atoms with Gasteiger partial charge in [0.1, 0.15) is 11.4 Å². The average Bonchev–Trinajstić information content (AvgIpc) is 2.43. The van der Waals surface area contributed by atoms with Gasteiger partial charge in [-0.05, 0) is 12.1 Å². The highest BCUT2D eigenvalue weighted by molar-refractivity contribution is 5.96. The minimum atomic E-state index is -0.326. The number of fused-ring (bicyclic) bond motifs is 1. The molecule has 5 heteroatoms. The summed E-state index contributed by atoms with van der Waals surface area (Å²) in [5, 5.41) is 12.1. The molecule has 0 aliphatic rings. The van der Waals surface area contributed by atoms with E-state index in [2.05, 4.69) is 10.3 Å². The molecule has 0 aliphatic heterocycles. The van der Waals surface area contributed by atoms with E-state index in [1.54, 1.807) is 13.2 Å². The third kappa shape index (κ3) is 2.41. The molecule has 0 fully saturated rings. The predicted molar refractivity (Wildman–Crippen MR) is 67.7 cm³/mol. The maximum atomic E-state index is 11.8. The van der Waals surface area contributed by atoms with Gasteiger partial charge in [0, 0.05) is 18.0 Å². The van der Waals surface area contributed by atoms with E-state index in [1.807, 2.05) is 24.3 Å². The Hall–Kier alpha value is -2.14. The van der Waals surface area contributed by atoms with Crippen molar-refractivity contribution in [1.29, 1.82) is 0 Å². The fourth-order valence-corrected chi connectivity index (χ4v) is 1.69. The van der Waals surface area contributed by atoms with Crippen LogP contribution in [0.1, 0.15) is 10.5 Å². The molecule has 0 spiro atoms. The summed E-state index contributed by atoms with van der Waals surface area (Å²) in [6.45, 7) is 0.103. The normalized spacial score (nSPS) is 10.3. The summed E-state index contributed by atoms with van der Waals surface area (Å²) in [4.78, 5) is 16.0. The monoisotopic (exact) mass is 246 g/mol. The van der Waals surface area contributed by atoms with Gasteiger partial charge in [0.15, 0.2) is 0 Å². The zero-order chi connectivity index (χ0) is 13.0. The van der Waals surface area contributed by atoms with E-state index in [9.17, 15) is 4.79 Å². The van der Waals surface area contributed by atoms with Crippen molar-refractivity contribution in [2.75, 3.05) is 20.3 Å². The second-order valence-corrected chi connectivity index (χ2v) is 3.71. The van der Waals surface area contributed by atoms with Gasteiger partial charge in [-0.2, -0.15) is 0 Å². The summed E-state index contributed by atoms with van der Waals surface area (Å²) in [6, 6.07) is 9.04. The molecule has 2 rings (SSSR count). The van der Waals surface area contributed by atoms with E-state index in [-0.39, 0.29) is 24.8 Å². The zero-order valence-electron chi connectivity index (χ0n) is 10.0. The summed E-state index contributed by atoms with van der Waals surface area (Å²) in [5.41, 5.74) is 0.977. The molecule has 1 amide bonds. The molecule has 2 aromatic rings. The summed E-state index contributed by atoms with van der Waals surface area (Å²) in [6.07, 6.45) is 0. The highest BCUT2D eigenvalue weighted by atomic mass is 16.5. The fraction of sp³-hybridized carbons (Fsp3) is 0.231. The molecule has 0 bridgehead atoms. The van der Waals surface area contributed by atoms with Crippen LogP contribution in [-0.2, 0) is 0 Å². The van der Waals surface area contributed by atoms with Crippen LogP contribution >= 0.6 is 0 Å². The standard InChI is InChI=1S/C13H14N2O3/c1-18-12-8-11(13(17)14-6-7-16)15-10-5-3-2-4-9(10)12/h2-5,8,16H,6-7H2,1H3,(H,14,17). The van der Waals surface area contributed by atoms with Crippen molar-refractivity contribution in [3.8, 4) is 5.75 Å². The topological polar surface area (TPSA) is 71.5 Å². The number of hydrogen-bond acceptors (Lipinski definition) is 4. The Labute approximate surface area is 104 Å². The van der Waals surface area contributed by atoms with Gasteiger partial charge in [-0.1, -0.05) is 12.1 Å². The molecule has 0 saturated carbocycles. The second-order valence-electron chi connectivity index (χ2n) is 3.71. The smallest absolute Gasteiger partial charge is 0.270 e. The van der Waals surface area contributed by atoms with Crippen LogP contribution < -0.4 is 10.1 Å². The Morgan fingerprint density at radius 2 is 2.22 bits per heavy atom. The number of carbonyl (C=O) groups excluding carboxylic acids is 1. The van der Waals surface area contributed by atoms with Gasteiger partial charge in [0.2, 0.25) is 0 Å². The van der Waals surface area contributed by atoms with Crippen molar-refractivity contribution in [3.05, 3.63) is 36.0 Å². The predicted octanol–water partition coefficient (Wildman–Crippen LogP) is 0.965. The Morgan fingerprint density at radius 3 is 2.94 bits per heavy atom. The molecule has 1 heterocycles. The van der Waals surface area contributed by atoms with Gasteiger partial charge < -0.3 is 15.2 Å². The van der Waals surface area contributed by atoms with E-state index < -0.39 is 0 Å². The maximum absolute atomic E-state index is 11.8. The Morgan fingerprint density at radius 1 is 1.44 bits per heavy atom. The lowest BCUT2D eigenvalue weighted by Crippen LogP contribution is -2.27. The summed E-state index contributed by atoms with van der Waals surface area (Å²) < 4.78 is 5.25. The third-order valence-corrected chi connectivity index (χ3v) is 2.53. The Bertz CT molecular complexity index is 569. The fourth-order valence-electron chi connectivity index (χ4n) is 1.69. The van der Waals surface area contributed by atoms with Crippen molar-refractivity contribution in [3.63, 3.8) is 0 Å². The first kappa shape index (κ1) is 12.3. The number of aromatic nitrogens is 1. The highest BCUT2D eigenvalue weighted by Crippen LogP contribution is 2.24. The van der Waals surface area contributed by atoms with Crippen LogP contribution in [0.3, 0.4) is 0 Å². The molecule has 18 heavy (non-hydrogen) atoms. The van der Waals surface area contributed by atoms with Crippen molar-refractivity contribution >= 4 is 16.8 Å². The number of nitrogens with zero attached hydrogens (tertiary/aromatic N) is 1. The molecule has 2 N–H and O–H groups in total. The molecule has 1 aromatic carbocycles. The molecule has 94 valence electrons. The number of para-hydroxylation sites is 1. The van der Waals surface area contributed by atoms with E-state index in [4.69, 9.17) is 9.84 Å². The van der Waals surface area contributed by atoms with E-state index in [1.165, 1.54) is 0 Å². The first-order chi connectivity index (χ1) is 8.76. The molecule has 0 unspecified atom stereocenters. The molecule has 0 saturated heterocycles. The maximum Gasteiger partial charge on any atom is 0.270 e. The second kappa shape index (κ2) is 5.46. The average molecular weight is 246 g/mol. The van der Waals surface area contributed by atoms with Gasteiger partial charge in [-0.3, -0.25) is 4.79 Å². The Balaban J connectivity index is 2.43. The molecule has 0 atom stereocenters. The number of amides is 1. The number of rotatable bonds is 4. The van der Waals surface area contributed by atoms with Crippen LogP contribution in [0.4, 0.5) is 0 Å². The first-order valence-corrected chi connectivity index (χ1v) is 5.59. The van der Waals surface area contributed by atoms with E-state index in [0.717, 1.165) is 5.39 Å². The molecular formula is C13H14N2O3.